The first-order valence-electron chi connectivity index (χ1n) is 7.96. The number of nitrogens with zero attached hydrogens (tertiary/aromatic N) is 1. The van der Waals surface area contributed by atoms with Crippen LogP contribution in [-0.4, -0.2) is 51.6 Å². The van der Waals surface area contributed by atoms with Crippen molar-refractivity contribution in [2.24, 2.45) is 5.92 Å². The van der Waals surface area contributed by atoms with Crippen LogP contribution in [0.3, 0.4) is 0 Å². The van der Waals surface area contributed by atoms with E-state index < -0.39 is 10.0 Å². The van der Waals surface area contributed by atoms with Gasteiger partial charge in [-0.25, -0.2) is 13.1 Å². The fourth-order valence-electron chi connectivity index (χ4n) is 2.47. The summed E-state index contributed by atoms with van der Waals surface area (Å²) in [5.41, 5.74) is 0.474. The molecule has 1 fully saturated rings. The number of carbonyl (C=O) groups excluding carboxylic acids is 1. The summed E-state index contributed by atoms with van der Waals surface area (Å²) in [5.74, 6) is 0.232. The summed E-state index contributed by atoms with van der Waals surface area (Å²) in [5, 5.41) is 0. The SMILES string of the molecule is C=CCNS(=O)(=O)c1ccc(C(=O)N2CCOC(C(C)C)C2)cc1. The lowest BCUT2D eigenvalue weighted by Gasteiger charge is -2.35. The van der Waals surface area contributed by atoms with E-state index in [0.717, 1.165) is 0 Å². The van der Waals surface area contributed by atoms with Crippen molar-refractivity contribution in [3.63, 3.8) is 0 Å². The van der Waals surface area contributed by atoms with Crippen molar-refractivity contribution < 1.29 is 17.9 Å². The molecule has 0 aromatic heterocycles. The van der Waals surface area contributed by atoms with Crippen molar-refractivity contribution in [3.8, 4) is 0 Å². The molecular formula is C17H24N2O4S. The minimum absolute atomic E-state index is 0.0328. The van der Waals surface area contributed by atoms with Gasteiger partial charge in [0.2, 0.25) is 10.0 Å². The number of hydrogen-bond acceptors (Lipinski definition) is 4. The molecule has 6 nitrogen and oxygen atoms in total. The maximum Gasteiger partial charge on any atom is 0.254 e. The molecule has 1 aliphatic rings. The molecule has 0 radical (unpaired) electrons. The smallest absolute Gasteiger partial charge is 0.254 e. The second kappa shape index (κ2) is 7.92. The van der Waals surface area contributed by atoms with Crippen molar-refractivity contribution in [2.45, 2.75) is 24.8 Å². The lowest BCUT2D eigenvalue weighted by Crippen LogP contribution is -2.47. The fourth-order valence-corrected chi connectivity index (χ4v) is 3.47. The Balaban J connectivity index is 2.10. The predicted molar refractivity (Wildman–Crippen MR) is 92.3 cm³/mol. The fraction of sp³-hybridized carbons (Fsp3) is 0.471. The van der Waals surface area contributed by atoms with Crippen molar-refractivity contribution in [3.05, 3.63) is 42.5 Å². The number of nitrogens with one attached hydrogen (secondary N) is 1. The minimum atomic E-state index is -3.58. The normalized spacial score (nSPS) is 18.6. The highest BCUT2D eigenvalue weighted by Crippen LogP contribution is 2.17. The van der Waals surface area contributed by atoms with Gasteiger partial charge in [0.1, 0.15) is 0 Å². The lowest BCUT2D eigenvalue weighted by atomic mass is 10.0. The van der Waals surface area contributed by atoms with Gasteiger partial charge < -0.3 is 9.64 Å². The van der Waals surface area contributed by atoms with Gasteiger partial charge in [-0.3, -0.25) is 4.79 Å². The Kier molecular flexibility index (Phi) is 6.15. The third-order valence-electron chi connectivity index (χ3n) is 3.95. The number of morpholine rings is 1. The number of benzene rings is 1. The Morgan fingerprint density at radius 2 is 2.08 bits per heavy atom. The molecule has 1 unspecified atom stereocenters. The van der Waals surface area contributed by atoms with Gasteiger partial charge in [-0.05, 0) is 30.2 Å². The quantitative estimate of drug-likeness (QED) is 0.790. The van der Waals surface area contributed by atoms with E-state index in [2.05, 4.69) is 25.1 Å². The van der Waals surface area contributed by atoms with Crippen LogP contribution >= 0.6 is 0 Å². The van der Waals surface area contributed by atoms with Crippen molar-refractivity contribution in [2.75, 3.05) is 26.2 Å². The first-order chi connectivity index (χ1) is 11.3. The largest absolute Gasteiger partial charge is 0.374 e. The Hall–Kier alpha value is -1.70. The standard InChI is InChI=1S/C17H24N2O4S/c1-4-9-18-24(21,22)15-7-5-14(6-8-15)17(20)19-10-11-23-16(12-19)13(2)3/h4-8,13,16,18H,1,9-12H2,2-3H3. The summed E-state index contributed by atoms with van der Waals surface area (Å²) in [4.78, 5) is 14.5. The molecule has 1 atom stereocenters. The number of rotatable bonds is 6. The third-order valence-corrected chi connectivity index (χ3v) is 5.39. The van der Waals surface area contributed by atoms with Gasteiger partial charge in [0, 0.05) is 25.2 Å². The summed E-state index contributed by atoms with van der Waals surface area (Å²) < 4.78 is 32.1. The minimum Gasteiger partial charge on any atom is -0.374 e. The molecule has 1 heterocycles. The number of hydrogen-bond donors (Lipinski definition) is 1. The first kappa shape index (κ1) is 18.6. The monoisotopic (exact) mass is 352 g/mol. The maximum atomic E-state index is 12.6. The van der Waals surface area contributed by atoms with Crippen LogP contribution in [0.25, 0.3) is 0 Å². The number of carbonyl (C=O) groups is 1. The predicted octanol–water partition coefficient (Wildman–Crippen LogP) is 1.65. The van der Waals surface area contributed by atoms with Crippen LogP contribution in [0.1, 0.15) is 24.2 Å². The van der Waals surface area contributed by atoms with E-state index in [1.165, 1.54) is 18.2 Å². The van der Waals surface area contributed by atoms with Crippen LogP contribution in [-0.2, 0) is 14.8 Å². The Morgan fingerprint density at radius 1 is 1.42 bits per heavy atom. The molecule has 0 bridgehead atoms. The molecule has 2 rings (SSSR count). The molecular weight excluding hydrogens is 328 g/mol. The van der Waals surface area contributed by atoms with E-state index in [1.54, 1.807) is 17.0 Å². The summed E-state index contributed by atoms with van der Waals surface area (Å²) in [6.07, 6.45) is 1.50. The Labute approximate surface area is 143 Å². The molecule has 132 valence electrons. The van der Waals surface area contributed by atoms with E-state index >= 15 is 0 Å². The van der Waals surface area contributed by atoms with E-state index in [4.69, 9.17) is 4.74 Å². The molecule has 1 N–H and O–H groups in total. The molecule has 1 amide bonds. The molecule has 7 heteroatoms. The van der Waals surface area contributed by atoms with E-state index in [0.29, 0.717) is 31.2 Å². The van der Waals surface area contributed by atoms with Crippen molar-refractivity contribution in [1.29, 1.82) is 0 Å². The zero-order valence-corrected chi connectivity index (χ0v) is 14.9. The van der Waals surface area contributed by atoms with Crippen LogP contribution in [0.5, 0.6) is 0 Å². The summed E-state index contributed by atoms with van der Waals surface area (Å²) in [6.45, 7) is 9.38. The molecule has 1 aliphatic heterocycles. The lowest BCUT2D eigenvalue weighted by molar-refractivity contribution is -0.0420. The maximum absolute atomic E-state index is 12.6. The average molecular weight is 352 g/mol. The van der Waals surface area contributed by atoms with Gasteiger partial charge in [0.15, 0.2) is 0 Å². The summed E-state index contributed by atoms with van der Waals surface area (Å²) >= 11 is 0. The van der Waals surface area contributed by atoms with Crippen LogP contribution in [0.15, 0.2) is 41.8 Å². The first-order valence-corrected chi connectivity index (χ1v) is 9.45. The van der Waals surface area contributed by atoms with Gasteiger partial charge in [0.25, 0.3) is 5.91 Å². The van der Waals surface area contributed by atoms with Gasteiger partial charge in [-0.15, -0.1) is 6.58 Å². The van der Waals surface area contributed by atoms with Crippen LogP contribution in [0.2, 0.25) is 0 Å². The second-order valence-corrected chi connectivity index (χ2v) is 7.84. The molecule has 1 saturated heterocycles. The Morgan fingerprint density at radius 3 is 2.67 bits per heavy atom. The van der Waals surface area contributed by atoms with E-state index in [-0.39, 0.29) is 23.5 Å². The molecule has 24 heavy (non-hydrogen) atoms. The Bertz CT molecular complexity index is 683. The zero-order chi connectivity index (χ0) is 17.7. The van der Waals surface area contributed by atoms with Crippen molar-refractivity contribution >= 4 is 15.9 Å². The van der Waals surface area contributed by atoms with Crippen molar-refractivity contribution in [1.82, 2.24) is 9.62 Å². The molecule has 1 aromatic rings. The van der Waals surface area contributed by atoms with Gasteiger partial charge in [-0.1, -0.05) is 19.9 Å². The molecule has 0 aliphatic carbocycles. The average Bonchev–Trinajstić information content (AvgIpc) is 2.59. The van der Waals surface area contributed by atoms with Crippen LogP contribution in [0, 0.1) is 5.92 Å². The van der Waals surface area contributed by atoms with Crippen LogP contribution in [0.4, 0.5) is 0 Å². The summed E-state index contributed by atoms with van der Waals surface area (Å²) in [7, 11) is -3.58. The highest BCUT2D eigenvalue weighted by molar-refractivity contribution is 7.89. The summed E-state index contributed by atoms with van der Waals surface area (Å²) in [6, 6.07) is 5.98. The number of amides is 1. The van der Waals surface area contributed by atoms with Gasteiger partial charge >= 0.3 is 0 Å². The number of sulfonamides is 1. The van der Waals surface area contributed by atoms with Gasteiger partial charge in [-0.2, -0.15) is 0 Å². The van der Waals surface area contributed by atoms with Gasteiger partial charge in [0.05, 0.1) is 17.6 Å². The number of ether oxygens (including phenoxy) is 1. The second-order valence-electron chi connectivity index (χ2n) is 6.07. The highest BCUT2D eigenvalue weighted by Gasteiger charge is 2.27. The topological polar surface area (TPSA) is 75.7 Å². The molecule has 1 aromatic carbocycles. The molecule has 0 saturated carbocycles. The highest BCUT2D eigenvalue weighted by atomic mass is 32.2. The van der Waals surface area contributed by atoms with Crippen LogP contribution < -0.4 is 4.72 Å². The third kappa shape index (κ3) is 4.43. The zero-order valence-electron chi connectivity index (χ0n) is 14.1. The van der Waals surface area contributed by atoms with E-state index in [1.807, 2.05) is 0 Å². The molecule has 0 spiro atoms. The van der Waals surface area contributed by atoms with E-state index in [9.17, 15) is 13.2 Å².